The average Bonchev–Trinajstić information content (AvgIpc) is 2.84. The number of halogens is 1. The molecule has 3 aromatic carbocycles. The molecule has 0 aliphatic carbocycles. The third-order valence-electron chi connectivity index (χ3n) is 4.68. The summed E-state index contributed by atoms with van der Waals surface area (Å²) >= 11 is 5.76. The van der Waals surface area contributed by atoms with Gasteiger partial charge in [0.2, 0.25) is 0 Å². The minimum atomic E-state index is -1.04. The second-order valence-electron chi connectivity index (χ2n) is 7.16. The van der Waals surface area contributed by atoms with Crippen LogP contribution in [-0.2, 0) is 20.7 Å². The Bertz CT molecular complexity index is 1190. The number of nitro groups is 1. The fourth-order valence-electron chi connectivity index (χ4n) is 3.04. The lowest BCUT2D eigenvalue weighted by atomic mass is 10.1. The van der Waals surface area contributed by atoms with Gasteiger partial charge < -0.3 is 15.4 Å². The first-order chi connectivity index (χ1) is 16.3. The maximum absolute atomic E-state index is 12.7. The largest absolute Gasteiger partial charge is 0.454 e. The lowest BCUT2D eigenvalue weighted by molar-refractivity contribution is -0.384. The average molecular weight is 482 g/mol. The molecule has 0 bridgehead atoms. The highest BCUT2D eigenvalue weighted by Gasteiger charge is 2.24. The number of nitro benzene ring substituents is 1. The predicted molar refractivity (Wildman–Crippen MR) is 126 cm³/mol. The summed E-state index contributed by atoms with van der Waals surface area (Å²) in [5.41, 5.74) is 0.907. The van der Waals surface area contributed by atoms with Crippen molar-refractivity contribution in [1.82, 2.24) is 5.32 Å². The monoisotopic (exact) mass is 481 g/mol. The minimum absolute atomic E-state index is 0.0765. The molecule has 1 unspecified atom stereocenters. The Morgan fingerprint density at radius 2 is 1.62 bits per heavy atom. The summed E-state index contributed by atoms with van der Waals surface area (Å²) in [7, 11) is 0. The van der Waals surface area contributed by atoms with Gasteiger partial charge in [0.15, 0.2) is 6.61 Å². The van der Waals surface area contributed by atoms with Crippen LogP contribution in [0.5, 0.6) is 0 Å². The molecule has 0 fully saturated rings. The molecule has 34 heavy (non-hydrogen) atoms. The van der Waals surface area contributed by atoms with E-state index in [4.69, 9.17) is 16.3 Å². The number of hydrogen-bond acceptors (Lipinski definition) is 6. The van der Waals surface area contributed by atoms with Crippen LogP contribution < -0.4 is 10.6 Å². The number of ether oxygens (including phenoxy) is 1. The lowest BCUT2D eigenvalue weighted by Crippen LogP contribution is -2.44. The zero-order valence-corrected chi connectivity index (χ0v) is 18.5. The molecular formula is C24H20ClN3O6. The van der Waals surface area contributed by atoms with E-state index in [0.717, 1.165) is 11.6 Å². The van der Waals surface area contributed by atoms with Gasteiger partial charge in [0.05, 0.1) is 4.92 Å². The highest BCUT2D eigenvalue weighted by atomic mass is 35.5. The topological polar surface area (TPSA) is 128 Å². The number of hydrogen-bond donors (Lipinski definition) is 2. The predicted octanol–water partition coefficient (Wildman–Crippen LogP) is 3.77. The third kappa shape index (κ3) is 6.88. The Morgan fingerprint density at radius 3 is 2.26 bits per heavy atom. The van der Waals surface area contributed by atoms with Crippen LogP contribution in [0, 0.1) is 10.1 Å². The third-order valence-corrected chi connectivity index (χ3v) is 5.00. The van der Waals surface area contributed by atoms with Gasteiger partial charge in [0.1, 0.15) is 11.1 Å². The summed E-state index contributed by atoms with van der Waals surface area (Å²) in [5.74, 6) is -1.97. The molecule has 0 spiro atoms. The number of amides is 2. The Hall–Kier alpha value is -4.24. The Balaban J connectivity index is 1.65. The van der Waals surface area contributed by atoms with Gasteiger partial charge >= 0.3 is 5.97 Å². The summed E-state index contributed by atoms with van der Waals surface area (Å²) in [6.07, 6.45) is 0.156. The van der Waals surface area contributed by atoms with E-state index in [2.05, 4.69) is 10.6 Å². The van der Waals surface area contributed by atoms with E-state index in [-0.39, 0.29) is 22.8 Å². The number of nitrogens with zero attached hydrogens (tertiary/aromatic N) is 1. The fraction of sp³-hybridized carbons (Fsp3) is 0.125. The molecule has 3 rings (SSSR count). The molecule has 0 aliphatic heterocycles. The highest BCUT2D eigenvalue weighted by molar-refractivity contribution is 6.32. The van der Waals surface area contributed by atoms with Crippen molar-refractivity contribution >= 4 is 40.8 Å². The van der Waals surface area contributed by atoms with Crippen molar-refractivity contribution in [3.63, 3.8) is 0 Å². The molecular weight excluding hydrogens is 462 g/mol. The number of rotatable bonds is 9. The standard InChI is InChI=1S/C24H20ClN3O6/c25-19-12-11-18(14-21(19)28(32)33)26-22(29)15-34-24(31)20(13-16-7-3-1-4-8-16)27-23(30)17-9-5-2-6-10-17/h1-12,14,20H,13,15H2,(H,26,29)(H,27,30). The van der Waals surface area contributed by atoms with Crippen molar-refractivity contribution in [1.29, 1.82) is 0 Å². The van der Waals surface area contributed by atoms with Crippen molar-refractivity contribution in [2.75, 3.05) is 11.9 Å². The molecule has 10 heteroatoms. The Morgan fingerprint density at radius 1 is 0.971 bits per heavy atom. The Kier molecular flexibility index (Phi) is 8.31. The van der Waals surface area contributed by atoms with Gasteiger partial charge in [-0.2, -0.15) is 0 Å². The maximum atomic E-state index is 12.7. The van der Waals surface area contributed by atoms with E-state index in [1.54, 1.807) is 54.6 Å². The molecule has 0 saturated heterocycles. The summed E-state index contributed by atoms with van der Waals surface area (Å²) < 4.78 is 5.12. The molecule has 2 amide bonds. The van der Waals surface area contributed by atoms with Gasteiger partial charge in [0, 0.05) is 23.7 Å². The van der Waals surface area contributed by atoms with E-state index in [0.29, 0.717) is 5.56 Å². The summed E-state index contributed by atoms with van der Waals surface area (Å²) in [6, 6.07) is 20.1. The van der Waals surface area contributed by atoms with E-state index in [1.165, 1.54) is 12.1 Å². The van der Waals surface area contributed by atoms with Gasteiger partial charge in [-0.3, -0.25) is 19.7 Å². The molecule has 0 saturated carbocycles. The number of esters is 1. The maximum Gasteiger partial charge on any atom is 0.329 e. The van der Waals surface area contributed by atoms with Crippen LogP contribution in [-0.4, -0.2) is 35.4 Å². The molecule has 1 atom stereocenters. The van der Waals surface area contributed by atoms with Crippen molar-refractivity contribution in [3.05, 3.63) is 105 Å². The van der Waals surface area contributed by atoms with E-state index in [9.17, 15) is 24.5 Å². The molecule has 0 aromatic heterocycles. The number of anilines is 1. The quantitative estimate of drug-likeness (QED) is 0.272. The van der Waals surface area contributed by atoms with Gasteiger partial charge in [-0.25, -0.2) is 4.79 Å². The van der Waals surface area contributed by atoms with Crippen LogP contribution in [0.1, 0.15) is 15.9 Å². The van der Waals surface area contributed by atoms with E-state index >= 15 is 0 Å². The summed E-state index contributed by atoms with van der Waals surface area (Å²) in [6.45, 7) is -0.651. The minimum Gasteiger partial charge on any atom is -0.454 e. The number of benzene rings is 3. The summed E-state index contributed by atoms with van der Waals surface area (Å²) in [5, 5.41) is 16.0. The van der Waals surface area contributed by atoms with Crippen LogP contribution in [0.2, 0.25) is 5.02 Å². The molecule has 174 valence electrons. The zero-order valence-electron chi connectivity index (χ0n) is 17.8. The van der Waals surface area contributed by atoms with Crippen LogP contribution in [0.3, 0.4) is 0 Å². The number of carbonyl (C=O) groups excluding carboxylic acids is 3. The Labute approximate surface area is 199 Å². The second kappa shape index (κ2) is 11.6. The zero-order chi connectivity index (χ0) is 24.5. The molecule has 3 aromatic rings. The van der Waals surface area contributed by atoms with Crippen molar-refractivity contribution in [3.8, 4) is 0 Å². The first-order valence-electron chi connectivity index (χ1n) is 10.1. The molecule has 2 N–H and O–H groups in total. The van der Waals surface area contributed by atoms with Crippen LogP contribution in [0.25, 0.3) is 0 Å². The molecule has 0 heterocycles. The number of carbonyl (C=O) groups is 3. The van der Waals surface area contributed by atoms with Crippen LogP contribution in [0.15, 0.2) is 78.9 Å². The first kappa shape index (κ1) is 24.4. The highest BCUT2D eigenvalue weighted by Crippen LogP contribution is 2.27. The summed E-state index contributed by atoms with van der Waals surface area (Å²) in [4.78, 5) is 47.9. The normalized spacial score (nSPS) is 11.2. The lowest BCUT2D eigenvalue weighted by Gasteiger charge is -2.18. The molecule has 9 nitrogen and oxygen atoms in total. The smallest absolute Gasteiger partial charge is 0.329 e. The molecule has 0 radical (unpaired) electrons. The van der Waals surface area contributed by atoms with Crippen molar-refractivity contribution in [2.45, 2.75) is 12.5 Å². The fourth-order valence-corrected chi connectivity index (χ4v) is 3.23. The van der Waals surface area contributed by atoms with Gasteiger partial charge in [-0.05, 0) is 29.8 Å². The second-order valence-corrected chi connectivity index (χ2v) is 7.57. The van der Waals surface area contributed by atoms with Gasteiger partial charge in [0.25, 0.3) is 17.5 Å². The van der Waals surface area contributed by atoms with Crippen molar-refractivity contribution < 1.29 is 24.0 Å². The number of nitrogens with one attached hydrogen (secondary N) is 2. The van der Waals surface area contributed by atoms with Crippen molar-refractivity contribution in [2.24, 2.45) is 0 Å². The molecule has 0 aliphatic rings. The van der Waals surface area contributed by atoms with Gasteiger partial charge in [-0.1, -0.05) is 60.1 Å². The van der Waals surface area contributed by atoms with Crippen LogP contribution >= 0.6 is 11.6 Å². The van der Waals surface area contributed by atoms with E-state index in [1.807, 2.05) is 6.07 Å². The van der Waals surface area contributed by atoms with Gasteiger partial charge in [-0.15, -0.1) is 0 Å². The van der Waals surface area contributed by atoms with E-state index < -0.39 is 35.4 Å². The SMILES string of the molecule is O=C(COC(=O)C(Cc1ccccc1)NC(=O)c1ccccc1)Nc1ccc(Cl)c([N+](=O)[O-])c1. The first-order valence-corrected chi connectivity index (χ1v) is 10.5. The van der Waals surface area contributed by atoms with Crippen LogP contribution in [0.4, 0.5) is 11.4 Å².